The van der Waals surface area contributed by atoms with Crippen molar-refractivity contribution in [2.24, 2.45) is 0 Å². The molecule has 2 heterocycles. The summed E-state index contributed by atoms with van der Waals surface area (Å²) in [5.74, 6) is 0.976. The van der Waals surface area contributed by atoms with Crippen LogP contribution in [-0.4, -0.2) is 31.1 Å². The van der Waals surface area contributed by atoms with Crippen molar-refractivity contribution in [2.75, 3.05) is 0 Å². The Kier molecular flexibility index (Phi) is 6.84. The molecule has 0 unspecified atom stereocenters. The van der Waals surface area contributed by atoms with Gasteiger partial charge in [0.2, 0.25) is 5.78 Å². The molecule has 8 heteroatoms. The molecule has 0 saturated carbocycles. The summed E-state index contributed by atoms with van der Waals surface area (Å²) in [5, 5.41) is 13.1. The monoisotopic (exact) mass is 511 g/mol. The Bertz CT molecular complexity index is 1670. The van der Waals surface area contributed by atoms with Crippen LogP contribution in [0.25, 0.3) is 16.7 Å². The largest absolute Gasteiger partial charge is 0.350 e. The van der Waals surface area contributed by atoms with Crippen LogP contribution in [0.15, 0.2) is 76.7 Å². The molecule has 0 atom stereocenters. The zero-order chi connectivity index (χ0) is 26.1. The minimum atomic E-state index is -0.184. The molecule has 0 fully saturated rings. The molecule has 188 valence electrons. The second kappa shape index (κ2) is 10.2. The first-order chi connectivity index (χ1) is 17.8. The van der Waals surface area contributed by atoms with Crippen molar-refractivity contribution >= 4 is 34.3 Å². The van der Waals surface area contributed by atoms with Gasteiger partial charge in [-0.25, -0.2) is 0 Å². The minimum Gasteiger partial charge on any atom is -0.350 e. The van der Waals surface area contributed by atoms with E-state index in [9.17, 15) is 9.59 Å². The van der Waals surface area contributed by atoms with E-state index in [0.29, 0.717) is 39.7 Å². The van der Waals surface area contributed by atoms with Crippen LogP contribution in [0.4, 0.5) is 0 Å². The molecule has 0 saturated heterocycles. The van der Waals surface area contributed by atoms with Crippen LogP contribution in [0, 0.1) is 13.8 Å². The lowest BCUT2D eigenvalue weighted by atomic mass is 10.1. The van der Waals surface area contributed by atoms with Crippen LogP contribution in [0.2, 0.25) is 0 Å². The van der Waals surface area contributed by atoms with Gasteiger partial charge in [-0.05, 0) is 62.6 Å². The molecule has 5 aromatic rings. The average Bonchev–Trinajstić information content (AvgIpc) is 3.31. The maximum Gasteiger partial charge on any atom is 0.263 e. The number of rotatable bonds is 7. The van der Waals surface area contributed by atoms with Crippen molar-refractivity contribution in [3.05, 3.63) is 105 Å². The molecule has 0 aliphatic heterocycles. The molecule has 1 amide bonds. The van der Waals surface area contributed by atoms with Crippen molar-refractivity contribution in [1.29, 1.82) is 0 Å². The van der Waals surface area contributed by atoms with E-state index in [2.05, 4.69) is 47.6 Å². The highest BCUT2D eigenvalue weighted by Crippen LogP contribution is 2.27. The first-order valence-corrected chi connectivity index (χ1v) is 13.3. The van der Waals surface area contributed by atoms with E-state index in [1.54, 1.807) is 34.5 Å². The van der Waals surface area contributed by atoms with E-state index >= 15 is 0 Å². The molecule has 5 rings (SSSR count). The molecule has 0 aliphatic rings. The molecule has 2 aromatic heterocycles. The number of amides is 1. The number of carbonyl (C=O) groups is 1. The third kappa shape index (κ3) is 5.02. The van der Waals surface area contributed by atoms with Gasteiger partial charge in [-0.1, -0.05) is 65.9 Å². The first kappa shape index (κ1) is 24.8. The van der Waals surface area contributed by atoms with E-state index < -0.39 is 0 Å². The SMILES string of the molecule is Cc1ccc(C)c(CSc2nnc3n(Cc4ccccc4)c(=O)c4ccc(C(=O)NC(C)C)cc4n23)c1. The maximum atomic E-state index is 13.7. The number of benzene rings is 3. The fourth-order valence-corrected chi connectivity index (χ4v) is 5.37. The van der Waals surface area contributed by atoms with Crippen LogP contribution in [0.3, 0.4) is 0 Å². The molecular weight excluding hydrogens is 482 g/mol. The maximum absolute atomic E-state index is 13.7. The highest BCUT2D eigenvalue weighted by Gasteiger charge is 2.19. The van der Waals surface area contributed by atoms with Crippen LogP contribution < -0.4 is 10.9 Å². The zero-order valence-corrected chi connectivity index (χ0v) is 22.2. The summed E-state index contributed by atoms with van der Waals surface area (Å²) in [6.45, 7) is 8.39. The van der Waals surface area contributed by atoms with Gasteiger partial charge in [-0.3, -0.25) is 18.6 Å². The van der Waals surface area contributed by atoms with Crippen molar-refractivity contribution in [3.8, 4) is 0 Å². The molecule has 0 bridgehead atoms. The fourth-order valence-electron chi connectivity index (χ4n) is 4.37. The molecule has 0 aliphatic carbocycles. The quantitative estimate of drug-likeness (QED) is 0.306. The molecule has 37 heavy (non-hydrogen) atoms. The van der Waals surface area contributed by atoms with Crippen LogP contribution in [-0.2, 0) is 12.3 Å². The van der Waals surface area contributed by atoms with Crippen molar-refractivity contribution in [2.45, 2.75) is 51.2 Å². The summed E-state index contributed by atoms with van der Waals surface area (Å²) in [6, 6.07) is 21.4. The van der Waals surface area contributed by atoms with Gasteiger partial charge in [0, 0.05) is 17.4 Å². The second-order valence-corrected chi connectivity index (χ2v) is 10.5. The summed E-state index contributed by atoms with van der Waals surface area (Å²) in [6.07, 6.45) is 0. The van der Waals surface area contributed by atoms with Crippen molar-refractivity contribution in [1.82, 2.24) is 24.5 Å². The van der Waals surface area contributed by atoms with Gasteiger partial charge in [0.15, 0.2) is 5.16 Å². The third-order valence-corrected chi connectivity index (χ3v) is 7.28. The average molecular weight is 512 g/mol. The zero-order valence-electron chi connectivity index (χ0n) is 21.4. The predicted molar refractivity (Wildman–Crippen MR) is 148 cm³/mol. The molecule has 0 radical (unpaired) electrons. The van der Waals surface area contributed by atoms with E-state index in [0.717, 1.165) is 5.56 Å². The van der Waals surface area contributed by atoms with E-state index in [1.165, 1.54) is 16.7 Å². The Morgan fingerprint density at radius 3 is 2.54 bits per heavy atom. The minimum absolute atomic E-state index is 0.000635. The number of fused-ring (bicyclic) bond motifs is 3. The number of hydrogen-bond donors (Lipinski definition) is 1. The summed E-state index contributed by atoms with van der Waals surface area (Å²) in [5.41, 5.74) is 5.57. The van der Waals surface area contributed by atoms with Gasteiger partial charge >= 0.3 is 0 Å². The Hall–Kier alpha value is -3.91. The number of aromatic nitrogens is 4. The van der Waals surface area contributed by atoms with Gasteiger partial charge in [0.1, 0.15) is 0 Å². The van der Waals surface area contributed by atoms with E-state index in [1.807, 2.05) is 48.6 Å². The van der Waals surface area contributed by atoms with Gasteiger partial charge < -0.3 is 5.32 Å². The predicted octanol–water partition coefficient (Wildman–Crippen LogP) is 5.14. The number of hydrogen-bond acceptors (Lipinski definition) is 5. The lowest BCUT2D eigenvalue weighted by Gasteiger charge is -2.13. The number of aryl methyl sites for hydroxylation is 2. The van der Waals surface area contributed by atoms with Gasteiger partial charge in [0.05, 0.1) is 17.4 Å². The highest BCUT2D eigenvalue weighted by molar-refractivity contribution is 7.98. The Morgan fingerprint density at radius 2 is 1.78 bits per heavy atom. The molecule has 7 nitrogen and oxygen atoms in total. The molecular formula is C29H29N5O2S. The first-order valence-electron chi connectivity index (χ1n) is 12.3. The number of nitrogens with one attached hydrogen (secondary N) is 1. The smallest absolute Gasteiger partial charge is 0.263 e. The van der Waals surface area contributed by atoms with E-state index in [-0.39, 0.29) is 17.5 Å². The number of thioether (sulfide) groups is 1. The van der Waals surface area contributed by atoms with Crippen LogP contribution >= 0.6 is 11.8 Å². The summed E-state index contributed by atoms with van der Waals surface area (Å²) in [7, 11) is 0. The van der Waals surface area contributed by atoms with Crippen LogP contribution in [0.1, 0.15) is 46.5 Å². The van der Waals surface area contributed by atoms with Gasteiger partial charge in [-0.2, -0.15) is 0 Å². The number of carbonyl (C=O) groups excluding carboxylic acids is 1. The van der Waals surface area contributed by atoms with Crippen molar-refractivity contribution < 1.29 is 4.79 Å². The third-order valence-electron chi connectivity index (χ3n) is 6.30. The lowest BCUT2D eigenvalue weighted by Crippen LogP contribution is -2.30. The highest BCUT2D eigenvalue weighted by atomic mass is 32.2. The summed E-state index contributed by atoms with van der Waals surface area (Å²) < 4.78 is 3.56. The second-order valence-electron chi connectivity index (χ2n) is 9.57. The van der Waals surface area contributed by atoms with Crippen molar-refractivity contribution in [3.63, 3.8) is 0 Å². The van der Waals surface area contributed by atoms with Crippen LogP contribution in [0.5, 0.6) is 0 Å². The van der Waals surface area contributed by atoms with E-state index in [4.69, 9.17) is 0 Å². The van der Waals surface area contributed by atoms with Gasteiger partial charge in [-0.15, -0.1) is 10.2 Å². The molecule has 1 N–H and O–H groups in total. The van der Waals surface area contributed by atoms with Gasteiger partial charge in [0.25, 0.3) is 11.5 Å². The topological polar surface area (TPSA) is 81.3 Å². The standard InChI is InChI=1S/C29H29N5O2S/c1-18(2)30-26(35)22-12-13-24-25(15-22)34-28(33(27(24)36)16-21-8-6-5-7-9-21)31-32-29(34)37-17-23-14-19(3)10-11-20(23)4/h5-15,18H,16-17H2,1-4H3,(H,30,35). The Balaban J connectivity index is 1.67. The number of nitrogens with zero attached hydrogens (tertiary/aromatic N) is 4. The molecule has 3 aromatic carbocycles. The summed E-state index contributed by atoms with van der Waals surface area (Å²) >= 11 is 1.57. The molecule has 0 spiro atoms. The lowest BCUT2D eigenvalue weighted by molar-refractivity contribution is 0.0943. The Morgan fingerprint density at radius 1 is 1.00 bits per heavy atom. The fraction of sp³-hybridized carbons (Fsp3) is 0.241. The normalized spacial score (nSPS) is 11.5. The Labute approximate surface area is 219 Å². The summed E-state index contributed by atoms with van der Waals surface area (Å²) in [4.78, 5) is 26.4.